The van der Waals surface area contributed by atoms with Crippen LogP contribution in [0, 0.1) is 0 Å². The third-order valence-corrected chi connectivity index (χ3v) is 2.83. The molecule has 0 atom stereocenters. The maximum absolute atomic E-state index is 11.2. The molecule has 0 aliphatic carbocycles. The Balaban J connectivity index is 2.14. The molecule has 0 unspecified atom stereocenters. The number of nitrogens with zero attached hydrogens (tertiary/aromatic N) is 3. The number of methoxy groups -OCH3 is 1. The molecule has 0 aliphatic heterocycles. The topological polar surface area (TPSA) is 77.0 Å². The molecule has 0 bridgehead atoms. The molecule has 8 heteroatoms. The van der Waals surface area contributed by atoms with E-state index < -0.39 is 5.97 Å². The number of hydrogen-bond donors (Lipinski definition) is 1. The summed E-state index contributed by atoms with van der Waals surface area (Å²) in [5, 5.41) is 3.57. The van der Waals surface area contributed by atoms with E-state index in [-0.39, 0.29) is 5.28 Å². The first-order valence-electron chi connectivity index (χ1n) is 4.49. The summed E-state index contributed by atoms with van der Waals surface area (Å²) in [6.07, 6.45) is 2.95. The van der Waals surface area contributed by atoms with Crippen LogP contribution in [0.4, 0.5) is 10.9 Å². The normalized spacial score (nSPS) is 10.0. The van der Waals surface area contributed by atoms with E-state index in [2.05, 4.69) is 25.0 Å². The SMILES string of the molecule is COC(=O)c1cnc(Nc2ccnc(Cl)n2)s1. The van der Waals surface area contributed by atoms with Gasteiger partial charge in [-0.05, 0) is 17.7 Å². The van der Waals surface area contributed by atoms with Crippen LogP contribution in [0.5, 0.6) is 0 Å². The fourth-order valence-corrected chi connectivity index (χ4v) is 1.93. The number of rotatable bonds is 3. The van der Waals surface area contributed by atoms with Crippen molar-refractivity contribution < 1.29 is 9.53 Å². The van der Waals surface area contributed by atoms with Gasteiger partial charge in [-0.3, -0.25) is 0 Å². The predicted octanol–water partition coefficient (Wildman–Crippen LogP) is 2.12. The van der Waals surface area contributed by atoms with E-state index in [1.807, 2.05) is 0 Å². The second-order valence-corrected chi connectivity index (χ2v) is 4.23. The molecule has 2 aromatic rings. The summed E-state index contributed by atoms with van der Waals surface area (Å²) in [6.45, 7) is 0. The molecule has 2 aromatic heterocycles. The Morgan fingerprint density at radius 1 is 1.53 bits per heavy atom. The number of hydrogen-bond acceptors (Lipinski definition) is 7. The summed E-state index contributed by atoms with van der Waals surface area (Å²) in [5.74, 6) is 0.0898. The van der Waals surface area contributed by atoms with Crippen LogP contribution in [0.25, 0.3) is 0 Å². The van der Waals surface area contributed by atoms with Crippen LogP contribution in [-0.2, 0) is 4.74 Å². The molecule has 0 saturated carbocycles. The maximum Gasteiger partial charge on any atom is 0.349 e. The van der Waals surface area contributed by atoms with Crippen LogP contribution in [0.3, 0.4) is 0 Å². The van der Waals surface area contributed by atoms with Crippen LogP contribution in [-0.4, -0.2) is 28.0 Å². The van der Waals surface area contributed by atoms with Crippen LogP contribution in [0.2, 0.25) is 5.28 Å². The second kappa shape index (κ2) is 5.07. The van der Waals surface area contributed by atoms with Gasteiger partial charge in [-0.1, -0.05) is 11.3 Å². The van der Waals surface area contributed by atoms with Gasteiger partial charge in [-0.15, -0.1) is 0 Å². The number of ether oxygens (including phenoxy) is 1. The van der Waals surface area contributed by atoms with Crippen molar-refractivity contribution in [1.29, 1.82) is 0 Å². The number of aromatic nitrogens is 3. The number of thiazole rings is 1. The highest BCUT2D eigenvalue weighted by molar-refractivity contribution is 7.17. The van der Waals surface area contributed by atoms with Gasteiger partial charge in [0.25, 0.3) is 0 Å². The molecule has 2 rings (SSSR count). The molecule has 0 aromatic carbocycles. The van der Waals surface area contributed by atoms with Gasteiger partial charge in [-0.25, -0.2) is 19.7 Å². The van der Waals surface area contributed by atoms with Gasteiger partial charge in [0.15, 0.2) is 5.13 Å². The van der Waals surface area contributed by atoms with E-state index >= 15 is 0 Å². The predicted molar refractivity (Wildman–Crippen MR) is 63.8 cm³/mol. The Bertz CT molecular complexity index is 545. The van der Waals surface area contributed by atoms with E-state index in [0.717, 1.165) is 0 Å². The third-order valence-electron chi connectivity index (χ3n) is 1.75. The molecule has 1 N–H and O–H groups in total. The van der Waals surface area contributed by atoms with Crippen molar-refractivity contribution in [2.75, 3.05) is 12.4 Å². The first kappa shape index (κ1) is 11.7. The molecule has 0 spiro atoms. The van der Waals surface area contributed by atoms with Crippen molar-refractivity contribution in [3.05, 3.63) is 28.6 Å². The maximum atomic E-state index is 11.2. The number of halogens is 1. The van der Waals surface area contributed by atoms with E-state index in [1.54, 1.807) is 6.07 Å². The Hall–Kier alpha value is -1.73. The number of nitrogens with one attached hydrogen (secondary N) is 1. The minimum absolute atomic E-state index is 0.139. The van der Waals surface area contributed by atoms with Gasteiger partial charge in [0.05, 0.1) is 13.3 Å². The standard InChI is InChI=1S/C9H7ClN4O2S/c1-16-7(15)5-4-12-9(17-5)14-6-2-3-11-8(10)13-6/h2-4H,1H3,(H,11,12,13,14). The number of esters is 1. The lowest BCUT2D eigenvalue weighted by molar-refractivity contribution is 0.0606. The lowest BCUT2D eigenvalue weighted by atomic mass is 10.6. The number of carbonyl (C=O) groups is 1. The van der Waals surface area contributed by atoms with Gasteiger partial charge in [0.1, 0.15) is 10.7 Å². The summed E-state index contributed by atoms with van der Waals surface area (Å²) >= 11 is 6.80. The summed E-state index contributed by atoms with van der Waals surface area (Å²) in [6, 6.07) is 1.64. The van der Waals surface area contributed by atoms with Crippen molar-refractivity contribution in [1.82, 2.24) is 15.0 Å². The van der Waals surface area contributed by atoms with Gasteiger partial charge < -0.3 is 10.1 Å². The van der Waals surface area contributed by atoms with E-state index in [9.17, 15) is 4.79 Å². The number of anilines is 2. The summed E-state index contributed by atoms with van der Waals surface area (Å²) < 4.78 is 4.58. The molecule has 6 nitrogen and oxygen atoms in total. The fourth-order valence-electron chi connectivity index (χ4n) is 1.04. The average Bonchev–Trinajstić information content (AvgIpc) is 2.76. The molecular formula is C9H7ClN4O2S. The van der Waals surface area contributed by atoms with Crippen molar-refractivity contribution in [2.45, 2.75) is 0 Å². The Morgan fingerprint density at radius 3 is 3.06 bits per heavy atom. The molecule has 88 valence electrons. The Labute approximate surface area is 106 Å². The molecule has 0 fully saturated rings. The second-order valence-electron chi connectivity index (χ2n) is 2.86. The van der Waals surface area contributed by atoms with Gasteiger partial charge >= 0.3 is 5.97 Å². The van der Waals surface area contributed by atoms with Crippen molar-refractivity contribution >= 4 is 39.9 Å². The zero-order chi connectivity index (χ0) is 12.3. The van der Waals surface area contributed by atoms with Crippen molar-refractivity contribution in [3.63, 3.8) is 0 Å². The van der Waals surface area contributed by atoms with Gasteiger partial charge in [-0.2, -0.15) is 0 Å². The van der Waals surface area contributed by atoms with Gasteiger partial charge in [0, 0.05) is 6.20 Å². The van der Waals surface area contributed by atoms with Crippen LogP contribution < -0.4 is 5.32 Å². The summed E-state index contributed by atoms with van der Waals surface area (Å²) in [5.41, 5.74) is 0. The van der Waals surface area contributed by atoms with E-state index in [1.165, 1.54) is 30.8 Å². The lowest BCUT2D eigenvalue weighted by Gasteiger charge is -1.99. The molecule has 0 amide bonds. The average molecular weight is 271 g/mol. The van der Waals surface area contributed by atoms with E-state index in [4.69, 9.17) is 11.6 Å². The summed E-state index contributed by atoms with van der Waals surface area (Å²) in [7, 11) is 1.32. The number of carbonyl (C=O) groups excluding carboxylic acids is 1. The molecule has 0 aliphatic rings. The summed E-state index contributed by atoms with van der Waals surface area (Å²) in [4.78, 5) is 23.3. The van der Waals surface area contributed by atoms with Crippen molar-refractivity contribution in [3.8, 4) is 0 Å². The Morgan fingerprint density at radius 2 is 2.35 bits per heavy atom. The van der Waals surface area contributed by atoms with Gasteiger partial charge in [0.2, 0.25) is 5.28 Å². The zero-order valence-corrected chi connectivity index (χ0v) is 10.2. The lowest BCUT2D eigenvalue weighted by Crippen LogP contribution is -1.96. The molecule has 17 heavy (non-hydrogen) atoms. The highest BCUT2D eigenvalue weighted by atomic mass is 35.5. The smallest absolute Gasteiger partial charge is 0.349 e. The minimum atomic E-state index is -0.420. The third kappa shape index (κ3) is 2.89. The van der Waals surface area contributed by atoms with Crippen LogP contribution in [0.15, 0.2) is 18.5 Å². The zero-order valence-electron chi connectivity index (χ0n) is 8.68. The highest BCUT2D eigenvalue weighted by Gasteiger charge is 2.10. The molecular weight excluding hydrogens is 264 g/mol. The quantitative estimate of drug-likeness (QED) is 0.680. The minimum Gasteiger partial charge on any atom is -0.465 e. The Kier molecular flexibility index (Phi) is 3.50. The molecule has 0 radical (unpaired) electrons. The largest absolute Gasteiger partial charge is 0.465 e. The first-order valence-corrected chi connectivity index (χ1v) is 5.68. The highest BCUT2D eigenvalue weighted by Crippen LogP contribution is 2.22. The molecule has 2 heterocycles. The molecule has 0 saturated heterocycles. The first-order chi connectivity index (χ1) is 8.19. The van der Waals surface area contributed by atoms with Crippen LogP contribution in [0.1, 0.15) is 9.67 Å². The van der Waals surface area contributed by atoms with E-state index in [0.29, 0.717) is 15.8 Å². The van der Waals surface area contributed by atoms with Crippen LogP contribution >= 0.6 is 22.9 Å². The van der Waals surface area contributed by atoms with Crippen molar-refractivity contribution in [2.24, 2.45) is 0 Å². The monoisotopic (exact) mass is 270 g/mol. The fraction of sp³-hybridized carbons (Fsp3) is 0.111.